The van der Waals surface area contributed by atoms with Crippen LogP contribution in [0.1, 0.15) is 168 Å². The zero-order chi connectivity index (χ0) is 88.4. The highest BCUT2D eigenvalue weighted by molar-refractivity contribution is 7.16. The van der Waals surface area contributed by atoms with Gasteiger partial charge in [0, 0.05) is 53.6 Å². The molecular formula is C100H105F4N23O3S. The largest absolute Gasteiger partial charge is 0.481 e. The Hall–Kier alpha value is -12.7. The van der Waals surface area contributed by atoms with E-state index in [-0.39, 0.29) is 37.0 Å². The van der Waals surface area contributed by atoms with E-state index in [0.717, 1.165) is 147 Å². The summed E-state index contributed by atoms with van der Waals surface area (Å²) in [6.07, 6.45) is 31.6. The highest BCUT2D eigenvalue weighted by atomic mass is 32.1. The Bertz CT molecular complexity index is 7100. The summed E-state index contributed by atoms with van der Waals surface area (Å²) >= 11 is 1.58. The van der Waals surface area contributed by atoms with Crippen LogP contribution in [0.25, 0.3) is 145 Å². The number of aryl methyl sites for hydroxylation is 1. The number of nitrogens with one attached hydrogen (secondary N) is 5. The smallest absolute Gasteiger partial charge is 0.307 e. The van der Waals surface area contributed by atoms with Gasteiger partial charge in [0.05, 0.1) is 69.0 Å². The van der Waals surface area contributed by atoms with Gasteiger partial charge in [-0.15, -0.1) is 11.3 Å². The fourth-order valence-electron chi connectivity index (χ4n) is 24.1. The van der Waals surface area contributed by atoms with Crippen LogP contribution >= 0.6 is 11.3 Å². The number of H-pyrrole nitrogens is 4. The molecule has 672 valence electrons. The number of anilines is 1. The van der Waals surface area contributed by atoms with Crippen LogP contribution in [0.3, 0.4) is 0 Å². The topological polar surface area (TPSA) is 342 Å². The fraction of sp³-hybridized carbons (Fsp3) is 0.430. The number of carbonyl (C=O) groups is 1. The molecule has 0 radical (unpaired) electrons. The van der Waals surface area contributed by atoms with Crippen molar-refractivity contribution in [2.24, 2.45) is 95.8 Å². The molecule has 0 saturated heterocycles. The first-order chi connectivity index (χ1) is 63.3. The van der Waals surface area contributed by atoms with Gasteiger partial charge >= 0.3 is 5.97 Å². The maximum Gasteiger partial charge on any atom is 0.307 e. The molecular weight excluding hydrogens is 1680 g/mol. The number of fused-ring (bicyclic) bond motifs is 19. The van der Waals surface area contributed by atoms with Gasteiger partial charge in [0.2, 0.25) is 0 Å². The molecule has 8 bridgehead atoms. The Labute approximate surface area is 756 Å². The number of aromatic nitrogens is 22. The molecule has 31 heteroatoms. The van der Waals surface area contributed by atoms with Crippen molar-refractivity contribution in [3.05, 3.63) is 174 Å². The Morgan fingerprint density at radius 1 is 0.466 bits per heavy atom. The number of rotatable bonds is 16. The maximum atomic E-state index is 14.1. The first kappa shape index (κ1) is 85.1. The number of carboxylic acids is 1. The predicted octanol–water partition coefficient (Wildman–Crippen LogP) is 22.2. The normalized spacial score (nSPS) is 24.7. The van der Waals surface area contributed by atoms with E-state index >= 15 is 0 Å². The number of aliphatic carboxylic acids is 1. The lowest BCUT2D eigenvalue weighted by atomic mass is 9.57. The molecule has 0 aliphatic heterocycles. The Kier molecular flexibility index (Phi) is 22.7. The number of benzene rings is 1. The van der Waals surface area contributed by atoms with Gasteiger partial charge in [0.1, 0.15) is 79.4 Å². The quantitative estimate of drug-likeness (QED) is 0.0489. The van der Waals surface area contributed by atoms with Gasteiger partial charge in [-0.05, 0) is 285 Å². The molecule has 0 unspecified atom stereocenters. The van der Waals surface area contributed by atoms with Crippen LogP contribution in [-0.4, -0.2) is 127 Å². The van der Waals surface area contributed by atoms with E-state index in [0.29, 0.717) is 149 Å². The molecule has 12 fully saturated rings. The molecule has 0 spiro atoms. The molecule has 1 aromatic carbocycles. The average molecular weight is 1790 g/mol. The van der Waals surface area contributed by atoms with Crippen LogP contribution in [0.5, 0.6) is 0 Å². The van der Waals surface area contributed by atoms with Crippen LogP contribution in [0, 0.1) is 112 Å². The number of halogens is 4. The summed E-state index contributed by atoms with van der Waals surface area (Å²) in [5, 5.41) is 50.3. The highest BCUT2D eigenvalue weighted by Gasteiger charge is 2.49. The molecule has 17 aromatic rings. The number of furan rings is 1. The lowest BCUT2D eigenvalue weighted by molar-refractivity contribution is -0.152. The predicted molar refractivity (Wildman–Crippen MR) is 497 cm³/mol. The van der Waals surface area contributed by atoms with Gasteiger partial charge in [0.25, 0.3) is 0 Å². The van der Waals surface area contributed by atoms with E-state index in [2.05, 4.69) is 130 Å². The Morgan fingerprint density at radius 3 is 1.40 bits per heavy atom. The van der Waals surface area contributed by atoms with Crippen molar-refractivity contribution >= 4 is 99.5 Å². The molecule has 29 rings (SSSR count). The van der Waals surface area contributed by atoms with Crippen molar-refractivity contribution in [3.8, 4) is 68.9 Å². The van der Waals surface area contributed by atoms with Crippen molar-refractivity contribution in [2.75, 3.05) is 5.32 Å². The van der Waals surface area contributed by atoms with Crippen LogP contribution in [0.2, 0.25) is 0 Å². The summed E-state index contributed by atoms with van der Waals surface area (Å²) in [5.74, 6) is 10.2. The van der Waals surface area contributed by atoms with Crippen LogP contribution < -0.4 is 5.32 Å². The third kappa shape index (κ3) is 16.0. The highest BCUT2D eigenvalue weighted by Crippen LogP contribution is 2.54. The first-order valence-electron chi connectivity index (χ1n) is 46.3. The van der Waals surface area contributed by atoms with Gasteiger partial charge in [-0.1, -0.05) is 58.5 Å². The molecule has 12 saturated carbocycles. The van der Waals surface area contributed by atoms with E-state index in [1.807, 2.05) is 71.7 Å². The lowest BCUT2D eigenvalue weighted by Crippen LogP contribution is -2.47. The fourth-order valence-corrected chi connectivity index (χ4v) is 24.9. The Morgan fingerprint density at radius 2 is 0.908 bits per heavy atom. The zero-order valence-corrected chi connectivity index (χ0v) is 74.0. The third-order valence-corrected chi connectivity index (χ3v) is 31.8. The number of hydrogen-bond acceptors (Lipinski definition) is 20. The molecule has 16 aromatic heterocycles. The van der Waals surface area contributed by atoms with Gasteiger partial charge in [-0.25, -0.2) is 77.4 Å². The van der Waals surface area contributed by atoms with E-state index in [1.54, 1.807) is 11.3 Å². The SMILES string of the molecule is C.CC(C)n1ccc2c(C[C@H]3C4CCC(CC4)[C@@H]3C)nc(-c3[nH]nc4ncc(F)cc34)nc21.C[C@H]1C2CCC(CC2)[C@@H]1Cc1nc(-c2[nH]nc3ncc(F)cc23)nc2c1ccn2C.C[C@H]1C2CCC(CC2)[C@@H]1Nc1nc(-c2[nH]nc3ncc(F)cc23)nc2sccc12.O=C(O)[C@H]1C2CCC(CC2)[C@@H]1Cc1cc(-c2ccc(-c3ccccc3)o2)nc(-c2[nH]nc3ncc(F)cc23)n1. The second-order valence-corrected chi connectivity index (χ2v) is 39.1. The van der Waals surface area contributed by atoms with Crippen LogP contribution in [0.15, 0.2) is 138 Å². The summed E-state index contributed by atoms with van der Waals surface area (Å²) in [4.78, 5) is 68.5. The average Bonchev–Trinajstić information content (AvgIpc) is 0.779. The molecule has 16 heterocycles. The van der Waals surface area contributed by atoms with E-state index in [1.165, 1.54) is 120 Å². The lowest BCUT2D eigenvalue weighted by Gasteiger charge is -2.47. The number of carboxylic acid groups (broad SMARTS) is 1. The van der Waals surface area contributed by atoms with Gasteiger partial charge in [0.15, 0.2) is 51.6 Å². The molecule has 6 N–H and O–H groups in total. The minimum absolute atomic E-state index is 0. The molecule has 0 amide bonds. The number of pyridine rings is 4. The minimum Gasteiger partial charge on any atom is -0.481 e. The molecule has 131 heavy (non-hydrogen) atoms. The van der Waals surface area contributed by atoms with Crippen LogP contribution in [0.4, 0.5) is 23.4 Å². The summed E-state index contributed by atoms with van der Waals surface area (Å²) in [5.41, 5.74) is 10.3. The number of nitrogens with zero attached hydrogens (tertiary/aromatic N) is 18. The summed E-state index contributed by atoms with van der Waals surface area (Å²) in [6.45, 7) is 11.6. The van der Waals surface area contributed by atoms with Gasteiger partial charge in [-0.2, -0.15) is 20.4 Å². The standard InChI is InChI=1S/C30H26FN5O3.C25H29FN6.C23H25FN6.C21H21FN6S.CH4/c31-19-12-22-27(35-36-28(22)32-15-19)29-33-20(13-21-16-6-8-18(9-7-16)26(21)30(37)38)14-23(34-29)25-11-10-24(39-25)17-4-2-1-3-5-17;1-13(2)32-9-8-18-21(11-19-14(3)15-4-6-16(19)7-5-15)28-24(29-25(18)32)22-20-10-17(26)12-27-23(20)31-30-22;1-12-13-3-5-14(6-4-13)17(12)10-19-16-7-8-30(2)23(16)27-22(26-19)20-18-9-15(24)11-25-21(18)29-28-20;1-10-11-2-4-12(5-3-11)16(10)24-19-14-6-7-29-21(14)26-20(25-19)17-15-8-13(22)9-23-18(15)28-27-17;/h1-5,10-12,14-16,18,21,26H,6-9,13H2,(H,37,38)(H,32,35,36);8-10,12-16,19H,4-7,11H2,1-3H3,(H,27,30,31);7-9,11-14,17H,3-6,10H2,1-2H3,(H,25,28,29);6-12,16H,2-5H2,1H3,(H,23,27,28)(H,24,25,26);1H4/t16?,18?,21-,26-;14-,15?,16?,19+;12-,13?,14?,17+;10-,11?,12?,16+;/m0000./s1. The monoisotopic (exact) mass is 1780 g/mol. The molecule has 26 nitrogen and oxygen atoms in total. The number of thiophene rings is 1. The van der Waals surface area contributed by atoms with E-state index in [9.17, 15) is 27.5 Å². The second-order valence-electron chi connectivity index (χ2n) is 38.2. The van der Waals surface area contributed by atoms with Crippen molar-refractivity contribution in [2.45, 2.75) is 176 Å². The maximum absolute atomic E-state index is 14.1. The summed E-state index contributed by atoms with van der Waals surface area (Å²) in [7, 11) is 2.00. The second kappa shape index (κ2) is 34.9. The van der Waals surface area contributed by atoms with Crippen molar-refractivity contribution in [1.29, 1.82) is 0 Å². The van der Waals surface area contributed by atoms with Crippen molar-refractivity contribution < 1.29 is 31.9 Å². The summed E-state index contributed by atoms with van der Waals surface area (Å²) < 4.78 is 66.1. The van der Waals surface area contributed by atoms with Crippen molar-refractivity contribution in [1.82, 2.24) is 110 Å². The minimum atomic E-state index is -0.719. The van der Waals surface area contributed by atoms with Crippen LogP contribution in [-0.2, 0) is 31.1 Å². The molecule has 12 aliphatic carbocycles. The summed E-state index contributed by atoms with van der Waals surface area (Å²) in [6, 6.07) is 28.2. The third-order valence-electron chi connectivity index (χ3n) is 31.0. The van der Waals surface area contributed by atoms with E-state index < -0.39 is 23.4 Å². The van der Waals surface area contributed by atoms with E-state index in [4.69, 9.17) is 44.3 Å². The van der Waals surface area contributed by atoms with Crippen molar-refractivity contribution in [3.63, 3.8) is 0 Å². The molecule has 8 atom stereocenters. The number of aromatic amines is 4. The van der Waals surface area contributed by atoms with Gasteiger partial charge in [-0.3, -0.25) is 25.2 Å². The molecule has 12 aliphatic rings. The number of hydrogen-bond donors (Lipinski definition) is 6. The zero-order valence-electron chi connectivity index (χ0n) is 73.2. The van der Waals surface area contributed by atoms with Gasteiger partial charge < -0.3 is 24.0 Å². The first-order valence-corrected chi connectivity index (χ1v) is 47.1. The Balaban J connectivity index is 0.000000106.